The minimum Gasteiger partial charge on any atom is -0.454 e. The molecule has 1 aliphatic rings. The fourth-order valence-electron chi connectivity index (χ4n) is 10.3. The van der Waals surface area contributed by atoms with Crippen molar-refractivity contribution < 1.29 is 49.3 Å². The van der Waals surface area contributed by atoms with Crippen molar-refractivity contribution in [3.63, 3.8) is 0 Å². The minimum absolute atomic E-state index is 0.121. The van der Waals surface area contributed by atoms with Crippen LogP contribution in [0.15, 0.2) is 36.5 Å². The fourth-order valence-corrected chi connectivity index (χ4v) is 10.3. The molecule has 0 aromatic carbocycles. The van der Waals surface area contributed by atoms with E-state index in [2.05, 4.69) is 50.4 Å². The monoisotopic (exact) mass is 1090 g/mol. The summed E-state index contributed by atoms with van der Waals surface area (Å²) in [5.74, 6) is -1.19. The lowest BCUT2D eigenvalue weighted by Gasteiger charge is -2.41. The third-order valence-corrected chi connectivity index (χ3v) is 15.5. The first kappa shape index (κ1) is 72.9. The van der Waals surface area contributed by atoms with E-state index in [1.807, 2.05) is 6.08 Å². The molecular formula is C66H123NO10. The molecule has 1 rings (SSSR count). The maximum Gasteiger partial charge on any atom is 0.306 e. The van der Waals surface area contributed by atoms with Crippen LogP contribution in [0.4, 0.5) is 0 Å². The Hall–Kier alpha value is -2.12. The average molecular weight is 1090 g/mol. The van der Waals surface area contributed by atoms with Crippen LogP contribution in [0.5, 0.6) is 0 Å². The van der Waals surface area contributed by atoms with Crippen molar-refractivity contribution in [2.75, 3.05) is 13.2 Å². The van der Waals surface area contributed by atoms with Crippen molar-refractivity contribution in [2.45, 2.75) is 359 Å². The summed E-state index contributed by atoms with van der Waals surface area (Å²) in [6.45, 7) is 5.80. The Labute approximate surface area is 473 Å². The van der Waals surface area contributed by atoms with E-state index < -0.39 is 67.4 Å². The van der Waals surface area contributed by atoms with Crippen molar-refractivity contribution in [1.82, 2.24) is 5.32 Å². The lowest BCUT2D eigenvalue weighted by Crippen LogP contribution is -2.61. The van der Waals surface area contributed by atoms with E-state index in [-0.39, 0.29) is 13.0 Å². The standard InChI is InChI=1S/C66H123NO10/c1-4-7-10-13-16-19-22-25-27-29-30-31-33-36-39-42-45-48-51-54-61(71)77-64-63(73)62(72)60(55-68)76-66(64)75-56-57(58(69)52-49-46-43-40-37-34-24-21-18-15-12-9-6-3)67-65(74)59(70)53-50-47-44-41-38-35-32-28-26-23-20-17-14-11-8-5-2/h16,19,25,27,49,52,57-60,62-64,66,68-70,72-73H,4-15,17-18,20-24,26,28-48,50-51,53-56H2,1-3H3,(H,67,74)/b19-16-,27-25-,52-49+. The molecule has 1 saturated heterocycles. The second-order valence-corrected chi connectivity index (χ2v) is 22.9. The average Bonchev–Trinajstić information content (AvgIpc) is 3.43. The molecule has 0 aliphatic carbocycles. The number of allylic oxidation sites excluding steroid dienone is 5. The summed E-state index contributed by atoms with van der Waals surface area (Å²) in [5, 5.41) is 57.1. The summed E-state index contributed by atoms with van der Waals surface area (Å²) < 4.78 is 17.7. The van der Waals surface area contributed by atoms with E-state index in [4.69, 9.17) is 14.2 Å². The summed E-state index contributed by atoms with van der Waals surface area (Å²) in [4.78, 5) is 26.6. The van der Waals surface area contributed by atoms with Crippen molar-refractivity contribution in [3.8, 4) is 0 Å². The highest BCUT2D eigenvalue weighted by molar-refractivity contribution is 5.80. The summed E-state index contributed by atoms with van der Waals surface area (Å²) in [7, 11) is 0. The Morgan fingerprint density at radius 2 is 0.896 bits per heavy atom. The van der Waals surface area contributed by atoms with Crippen LogP contribution in [0.25, 0.3) is 0 Å². The van der Waals surface area contributed by atoms with E-state index in [0.717, 1.165) is 70.6 Å². The Kier molecular flexibility index (Phi) is 51.6. The Morgan fingerprint density at radius 1 is 0.506 bits per heavy atom. The predicted molar refractivity (Wildman–Crippen MR) is 320 cm³/mol. The van der Waals surface area contributed by atoms with Crippen LogP contribution in [-0.2, 0) is 23.8 Å². The molecule has 0 saturated carbocycles. The minimum atomic E-state index is -1.61. The number of nitrogens with one attached hydrogen (secondary N) is 1. The van der Waals surface area contributed by atoms with E-state index in [0.29, 0.717) is 19.3 Å². The van der Waals surface area contributed by atoms with Gasteiger partial charge >= 0.3 is 5.97 Å². The molecule has 452 valence electrons. The van der Waals surface area contributed by atoms with Crippen molar-refractivity contribution in [1.29, 1.82) is 0 Å². The number of esters is 1. The molecule has 1 aliphatic heterocycles. The summed E-state index contributed by atoms with van der Waals surface area (Å²) in [5.41, 5.74) is 0. The van der Waals surface area contributed by atoms with Crippen molar-refractivity contribution in [2.24, 2.45) is 0 Å². The first-order valence-electron chi connectivity index (χ1n) is 32.8. The smallest absolute Gasteiger partial charge is 0.306 e. The molecule has 0 aromatic rings. The number of aliphatic hydroxyl groups is 5. The maximum absolute atomic E-state index is 13.4. The van der Waals surface area contributed by atoms with E-state index in [9.17, 15) is 35.1 Å². The Balaban J connectivity index is 2.65. The molecule has 8 atom stereocenters. The second kappa shape index (κ2) is 54.5. The molecule has 11 nitrogen and oxygen atoms in total. The van der Waals surface area contributed by atoms with Crippen molar-refractivity contribution >= 4 is 11.9 Å². The molecule has 0 spiro atoms. The molecule has 1 fully saturated rings. The predicted octanol–water partition coefficient (Wildman–Crippen LogP) is 15.8. The molecular weight excluding hydrogens is 967 g/mol. The number of hydrogen-bond donors (Lipinski definition) is 6. The summed E-state index contributed by atoms with van der Waals surface area (Å²) in [6, 6.07) is -1.02. The summed E-state index contributed by atoms with van der Waals surface area (Å²) >= 11 is 0. The van der Waals surface area contributed by atoms with Gasteiger partial charge in [0.15, 0.2) is 12.4 Å². The highest BCUT2D eigenvalue weighted by atomic mass is 16.7. The number of unbranched alkanes of at least 4 members (excludes halogenated alkanes) is 38. The van der Waals surface area contributed by atoms with Gasteiger partial charge in [-0.3, -0.25) is 9.59 Å². The number of aliphatic hydroxyl groups excluding tert-OH is 5. The van der Waals surface area contributed by atoms with Gasteiger partial charge in [0, 0.05) is 6.42 Å². The third kappa shape index (κ3) is 42.4. The SMILES string of the molecule is CCCCC/C=C\C/C=C\CCCCCCCCCCCC(=O)OC1C(OCC(NC(=O)C(O)CCCCCCCCCCCCCCCCCC)C(O)/C=C/CCCCCCCCCCCCC)OC(CO)C(O)C1O. The Bertz CT molecular complexity index is 1390. The van der Waals surface area contributed by atoms with E-state index in [1.54, 1.807) is 6.08 Å². The Morgan fingerprint density at radius 3 is 1.35 bits per heavy atom. The lowest BCUT2D eigenvalue weighted by atomic mass is 9.99. The van der Waals surface area contributed by atoms with Gasteiger partial charge < -0.3 is 45.1 Å². The van der Waals surface area contributed by atoms with Crippen LogP contribution in [0.2, 0.25) is 0 Å². The zero-order chi connectivity index (χ0) is 56.1. The molecule has 1 amide bonds. The number of carbonyl (C=O) groups is 2. The number of ether oxygens (including phenoxy) is 3. The van der Waals surface area contributed by atoms with Gasteiger partial charge in [-0.1, -0.05) is 282 Å². The van der Waals surface area contributed by atoms with Gasteiger partial charge in [0.2, 0.25) is 5.91 Å². The molecule has 77 heavy (non-hydrogen) atoms. The topological polar surface area (TPSA) is 175 Å². The lowest BCUT2D eigenvalue weighted by molar-refractivity contribution is -0.305. The number of hydrogen-bond acceptors (Lipinski definition) is 10. The first-order chi connectivity index (χ1) is 37.7. The van der Waals surface area contributed by atoms with Crippen LogP contribution < -0.4 is 5.32 Å². The van der Waals surface area contributed by atoms with Crippen LogP contribution in [-0.4, -0.2) is 99.6 Å². The van der Waals surface area contributed by atoms with E-state index >= 15 is 0 Å². The first-order valence-corrected chi connectivity index (χ1v) is 32.8. The summed E-state index contributed by atoms with van der Waals surface area (Å²) in [6.07, 6.45) is 54.6. The third-order valence-electron chi connectivity index (χ3n) is 15.5. The van der Waals surface area contributed by atoms with Crippen molar-refractivity contribution in [3.05, 3.63) is 36.5 Å². The van der Waals surface area contributed by atoms with Gasteiger partial charge in [0.1, 0.15) is 24.4 Å². The van der Waals surface area contributed by atoms with Gasteiger partial charge in [-0.2, -0.15) is 0 Å². The van der Waals surface area contributed by atoms with Crippen LogP contribution >= 0.6 is 0 Å². The van der Waals surface area contributed by atoms with Gasteiger partial charge in [-0.15, -0.1) is 0 Å². The van der Waals surface area contributed by atoms with Crippen LogP contribution in [0, 0.1) is 0 Å². The molecule has 11 heteroatoms. The maximum atomic E-state index is 13.4. The largest absolute Gasteiger partial charge is 0.454 e. The zero-order valence-corrected chi connectivity index (χ0v) is 50.1. The molecule has 1 heterocycles. The van der Waals surface area contributed by atoms with Gasteiger partial charge in [-0.25, -0.2) is 0 Å². The molecule has 6 N–H and O–H groups in total. The van der Waals surface area contributed by atoms with Crippen LogP contribution in [0.1, 0.15) is 310 Å². The number of carbonyl (C=O) groups excluding carboxylic acids is 2. The highest BCUT2D eigenvalue weighted by Gasteiger charge is 2.47. The van der Waals surface area contributed by atoms with E-state index in [1.165, 1.54) is 193 Å². The molecule has 0 bridgehead atoms. The molecule has 0 radical (unpaired) electrons. The fraction of sp³-hybridized carbons (Fsp3) is 0.879. The quantitative estimate of drug-likeness (QED) is 0.0195. The molecule has 8 unspecified atom stereocenters. The van der Waals surface area contributed by atoms with Gasteiger partial charge in [-0.05, 0) is 57.8 Å². The molecule has 0 aromatic heterocycles. The van der Waals surface area contributed by atoms with Gasteiger partial charge in [0.05, 0.1) is 25.4 Å². The highest BCUT2D eigenvalue weighted by Crippen LogP contribution is 2.26. The van der Waals surface area contributed by atoms with Gasteiger partial charge in [0.25, 0.3) is 0 Å². The van der Waals surface area contributed by atoms with Crippen LogP contribution in [0.3, 0.4) is 0 Å². The second-order valence-electron chi connectivity index (χ2n) is 22.9. The number of rotatable bonds is 56. The zero-order valence-electron chi connectivity index (χ0n) is 50.1. The normalized spacial score (nSPS) is 19.2. The number of amides is 1.